The quantitative estimate of drug-likeness (QED) is 0.774. The predicted molar refractivity (Wildman–Crippen MR) is 60.7 cm³/mol. The average molecular weight is 222 g/mol. The highest BCUT2D eigenvalue weighted by Crippen LogP contribution is 2.14. The van der Waals surface area contributed by atoms with Crippen LogP contribution in [0.5, 0.6) is 0 Å². The van der Waals surface area contributed by atoms with Crippen molar-refractivity contribution < 1.29 is 4.79 Å². The molecule has 0 aliphatic carbocycles. The predicted octanol–water partition coefficient (Wildman–Crippen LogP) is 0.130. The third kappa shape index (κ3) is 2.09. The van der Waals surface area contributed by atoms with Crippen molar-refractivity contribution in [2.45, 2.75) is 25.9 Å². The maximum Gasteiger partial charge on any atom is 0.242 e. The number of rotatable bonds is 2. The van der Waals surface area contributed by atoms with Crippen molar-refractivity contribution in [1.82, 2.24) is 20.0 Å². The van der Waals surface area contributed by atoms with Gasteiger partial charge in [-0.2, -0.15) is 5.10 Å². The van der Waals surface area contributed by atoms with Crippen molar-refractivity contribution in [3.8, 4) is 0 Å². The summed E-state index contributed by atoms with van der Waals surface area (Å²) in [6.07, 6.45) is 1.90. The molecule has 5 heteroatoms. The van der Waals surface area contributed by atoms with E-state index in [2.05, 4.69) is 10.4 Å². The molecule has 2 heterocycles. The topological polar surface area (TPSA) is 50.2 Å². The third-order valence-electron chi connectivity index (χ3n) is 2.89. The van der Waals surface area contributed by atoms with Gasteiger partial charge in [-0.1, -0.05) is 0 Å². The molecule has 0 unspecified atom stereocenters. The molecule has 0 atom stereocenters. The van der Waals surface area contributed by atoms with Gasteiger partial charge in [-0.3, -0.25) is 9.48 Å². The summed E-state index contributed by atoms with van der Waals surface area (Å²) < 4.78 is 1.76. The van der Waals surface area contributed by atoms with Crippen LogP contribution in [0.15, 0.2) is 12.3 Å². The van der Waals surface area contributed by atoms with E-state index in [1.54, 1.807) is 4.68 Å². The molecule has 2 rings (SSSR count). The van der Waals surface area contributed by atoms with Gasteiger partial charge in [0.1, 0.15) is 0 Å². The van der Waals surface area contributed by atoms with Crippen LogP contribution >= 0.6 is 0 Å². The van der Waals surface area contributed by atoms with Gasteiger partial charge >= 0.3 is 0 Å². The molecular weight excluding hydrogens is 204 g/mol. The summed E-state index contributed by atoms with van der Waals surface area (Å²) in [4.78, 5) is 13.9. The van der Waals surface area contributed by atoms with E-state index in [0.717, 1.165) is 18.8 Å². The Labute approximate surface area is 95.4 Å². The van der Waals surface area contributed by atoms with E-state index in [1.807, 2.05) is 38.1 Å². The SMILES string of the molecule is Cn1ccc(CN2CCNC(C)(C)C2=O)n1. The minimum atomic E-state index is -0.451. The molecule has 1 amide bonds. The molecule has 1 saturated heterocycles. The van der Waals surface area contributed by atoms with Gasteiger partial charge in [0, 0.05) is 26.3 Å². The Morgan fingerprint density at radius 1 is 1.56 bits per heavy atom. The number of nitrogens with one attached hydrogen (secondary N) is 1. The summed E-state index contributed by atoms with van der Waals surface area (Å²) in [7, 11) is 1.88. The van der Waals surface area contributed by atoms with E-state index in [9.17, 15) is 4.79 Å². The van der Waals surface area contributed by atoms with Crippen LogP contribution in [-0.2, 0) is 18.4 Å². The molecule has 1 N–H and O–H groups in total. The molecule has 88 valence electrons. The molecule has 1 aliphatic rings. The molecule has 0 radical (unpaired) electrons. The van der Waals surface area contributed by atoms with Crippen molar-refractivity contribution in [2.24, 2.45) is 7.05 Å². The first-order chi connectivity index (χ1) is 7.49. The summed E-state index contributed by atoms with van der Waals surface area (Å²) in [6, 6.07) is 1.95. The molecule has 1 aromatic heterocycles. The number of carbonyl (C=O) groups excluding carboxylic acids is 1. The third-order valence-corrected chi connectivity index (χ3v) is 2.89. The number of hydrogen-bond donors (Lipinski definition) is 1. The highest BCUT2D eigenvalue weighted by atomic mass is 16.2. The van der Waals surface area contributed by atoms with Crippen LogP contribution in [0.25, 0.3) is 0 Å². The minimum absolute atomic E-state index is 0.143. The fourth-order valence-electron chi connectivity index (χ4n) is 1.97. The Morgan fingerprint density at radius 3 is 2.94 bits per heavy atom. The van der Waals surface area contributed by atoms with Gasteiger partial charge in [0.2, 0.25) is 5.91 Å². The average Bonchev–Trinajstić information content (AvgIpc) is 2.59. The van der Waals surface area contributed by atoms with Gasteiger partial charge in [0.25, 0.3) is 0 Å². The summed E-state index contributed by atoms with van der Waals surface area (Å²) in [6.45, 7) is 6.02. The molecule has 5 nitrogen and oxygen atoms in total. The zero-order chi connectivity index (χ0) is 11.8. The van der Waals surface area contributed by atoms with Gasteiger partial charge in [-0.15, -0.1) is 0 Å². The monoisotopic (exact) mass is 222 g/mol. The van der Waals surface area contributed by atoms with Gasteiger partial charge < -0.3 is 10.2 Å². The molecule has 0 spiro atoms. The molecule has 0 bridgehead atoms. The van der Waals surface area contributed by atoms with E-state index >= 15 is 0 Å². The summed E-state index contributed by atoms with van der Waals surface area (Å²) in [5, 5.41) is 7.50. The van der Waals surface area contributed by atoms with E-state index in [0.29, 0.717) is 6.54 Å². The van der Waals surface area contributed by atoms with Crippen LogP contribution in [-0.4, -0.2) is 39.2 Å². The van der Waals surface area contributed by atoms with Crippen LogP contribution < -0.4 is 5.32 Å². The molecule has 1 fully saturated rings. The number of aryl methyl sites for hydroxylation is 1. The second kappa shape index (κ2) is 3.90. The number of hydrogen-bond acceptors (Lipinski definition) is 3. The number of amides is 1. The van der Waals surface area contributed by atoms with Crippen LogP contribution in [0.2, 0.25) is 0 Å². The van der Waals surface area contributed by atoms with Crippen molar-refractivity contribution in [3.05, 3.63) is 18.0 Å². The maximum atomic E-state index is 12.1. The van der Waals surface area contributed by atoms with Gasteiger partial charge in [0.05, 0.1) is 17.8 Å². The highest BCUT2D eigenvalue weighted by Gasteiger charge is 2.35. The first kappa shape index (κ1) is 11.1. The van der Waals surface area contributed by atoms with Crippen molar-refractivity contribution >= 4 is 5.91 Å². The first-order valence-corrected chi connectivity index (χ1v) is 5.52. The Balaban J connectivity index is 2.07. The van der Waals surface area contributed by atoms with Gasteiger partial charge in [-0.25, -0.2) is 0 Å². The Bertz CT molecular complexity index is 396. The van der Waals surface area contributed by atoms with Gasteiger partial charge in [0.15, 0.2) is 0 Å². The lowest BCUT2D eigenvalue weighted by molar-refractivity contribution is -0.140. The number of nitrogens with zero attached hydrogens (tertiary/aromatic N) is 3. The smallest absolute Gasteiger partial charge is 0.242 e. The fraction of sp³-hybridized carbons (Fsp3) is 0.636. The van der Waals surface area contributed by atoms with E-state index in [4.69, 9.17) is 0 Å². The number of carbonyl (C=O) groups is 1. The van der Waals surface area contributed by atoms with Crippen LogP contribution in [0.3, 0.4) is 0 Å². The number of aromatic nitrogens is 2. The molecule has 0 saturated carbocycles. The lowest BCUT2D eigenvalue weighted by atomic mass is 10.0. The van der Waals surface area contributed by atoms with Crippen molar-refractivity contribution in [2.75, 3.05) is 13.1 Å². The van der Waals surface area contributed by atoms with Crippen LogP contribution in [0.4, 0.5) is 0 Å². The van der Waals surface area contributed by atoms with Gasteiger partial charge in [-0.05, 0) is 19.9 Å². The zero-order valence-electron chi connectivity index (χ0n) is 10.0. The second-order valence-electron chi connectivity index (χ2n) is 4.76. The second-order valence-corrected chi connectivity index (χ2v) is 4.76. The fourth-order valence-corrected chi connectivity index (χ4v) is 1.97. The lowest BCUT2D eigenvalue weighted by Gasteiger charge is -2.37. The standard InChI is InChI=1S/C11H18N4O/c1-11(2)10(16)15(7-5-12-11)8-9-4-6-14(3)13-9/h4,6,12H,5,7-8H2,1-3H3. The van der Waals surface area contributed by atoms with Crippen LogP contribution in [0.1, 0.15) is 19.5 Å². The van der Waals surface area contributed by atoms with Crippen LogP contribution in [0, 0.1) is 0 Å². The molecule has 1 aliphatic heterocycles. The minimum Gasteiger partial charge on any atom is -0.334 e. The Hall–Kier alpha value is -1.36. The number of piperazine rings is 1. The zero-order valence-corrected chi connectivity index (χ0v) is 10.0. The normalized spacial score (nSPS) is 20.2. The van der Waals surface area contributed by atoms with E-state index in [-0.39, 0.29) is 5.91 Å². The van der Waals surface area contributed by atoms with E-state index in [1.165, 1.54) is 0 Å². The summed E-state index contributed by atoms with van der Waals surface area (Å²) >= 11 is 0. The first-order valence-electron chi connectivity index (χ1n) is 5.52. The van der Waals surface area contributed by atoms with Crippen molar-refractivity contribution in [3.63, 3.8) is 0 Å². The lowest BCUT2D eigenvalue weighted by Crippen LogP contribution is -2.60. The molecule has 16 heavy (non-hydrogen) atoms. The maximum absolute atomic E-state index is 12.1. The highest BCUT2D eigenvalue weighted by molar-refractivity contribution is 5.86. The summed E-state index contributed by atoms with van der Waals surface area (Å²) in [5.41, 5.74) is 0.487. The summed E-state index contributed by atoms with van der Waals surface area (Å²) in [5.74, 6) is 0.143. The largest absolute Gasteiger partial charge is 0.334 e. The Morgan fingerprint density at radius 2 is 2.31 bits per heavy atom. The van der Waals surface area contributed by atoms with Crippen molar-refractivity contribution in [1.29, 1.82) is 0 Å². The van der Waals surface area contributed by atoms with E-state index < -0.39 is 5.54 Å². The molecule has 0 aromatic carbocycles. The Kier molecular flexibility index (Phi) is 2.71. The molecule has 1 aromatic rings. The molecular formula is C11H18N4O.